The summed E-state index contributed by atoms with van der Waals surface area (Å²) in [6.07, 6.45) is 1.72. The lowest BCUT2D eigenvalue weighted by Gasteiger charge is -2.11. The molecule has 12 heavy (non-hydrogen) atoms. The summed E-state index contributed by atoms with van der Waals surface area (Å²) in [5.74, 6) is 0. The molecule has 1 aliphatic rings. The molecule has 0 atom stereocenters. The molecule has 0 saturated carbocycles. The van der Waals surface area contributed by atoms with E-state index in [2.05, 4.69) is 27.2 Å². The minimum atomic E-state index is 1.07. The first-order valence-electron chi connectivity index (χ1n) is 3.60. The number of benzene rings is 1. The molecule has 59 valence electrons. The van der Waals surface area contributed by atoms with Gasteiger partial charge in [-0.3, -0.25) is 0 Å². The highest BCUT2D eigenvalue weighted by molar-refractivity contribution is 9.10. The SMILES string of the molecule is Cc1cc(Br)cc2c1[B]ON=C2. The van der Waals surface area contributed by atoms with Gasteiger partial charge in [-0.2, -0.15) is 0 Å². The molecule has 0 N–H and O–H groups in total. The van der Waals surface area contributed by atoms with Crippen molar-refractivity contribution in [2.45, 2.75) is 6.92 Å². The van der Waals surface area contributed by atoms with Crippen LogP contribution in [0.1, 0.15) is 11.1 Å². The molecule has 2 nitrogen and oxygen atoms in total. The zero-order valence-electron chi connectivity index (χ0n) is 6.54. The molecule has 2 rings (SSSR count). The first kappa shape index (κ1) is 7.86. The van der Waals surface area contributed by atoms with Crippen molar-refractivity contribution in [2.75, 3.05) is 0 Å². The van der Waals surface area contributed by atoms with Crippen LogP contribution in [0.5, 0.6) is 0 Å². The first-order chi connectivity index (χ1) is 5.77. The minimum absolute atomic E-state index is 1.07. The van der Waals surface area contributed by atoms with E-state index in [1.165, 1.54) is 5.56 Å². The highest BCUT2D eigenvalue weighted by Gasteiger charge is 2.12. The molecule has 1 aromatic rings. The summed E-state index contributed by atoms with van der Waals surface area (Å²) in [6.45, 7) is 2.04. The topological polar surface area (TPSA) is 21.6 Å². The fourth-order valence-corrected chi connectivity index (χ4v) is 1.81. The number of hydrogen-bond donors (Lipinski definition) is 0. The second-order valence-electron chi connectivity index (χ2n) is 2.68. The van der Waals surface area contributed by atoms with E-state index < -0.39 is 0 Å². The van der Waals surface area contributed by atoms with Crippen molar-refractivity contribution in [3.05, 3.63) is 27.7 Å². The van der Waals surface area contributed by atoms with Crippen LogP contribution in [0.15, 0.2) is 21.8 Å². The maximum absolute atomic E-state index is 4.85. The Hall–Kier alpha value is -0.765. The third-order valence-corrected chi connectivity index (χ3v) is 2.26. The molecular weight excluding hydrogens is 217 g/mol. The molecule has 0 bridgehead atoms. The van der Waals surface area contributed by atoms with E-state index in [1.54, 1.807) is 13.7 Å². The highest BCUT2D eigenvalue weighted by Crippen LogP contribution is 2.13. The summed E-state index contributed by atoms with van der Waals surface area (Å²) in [5.41, 5.74) is 3.38. The first-order valence-corrected chi connectivity index (χ1v) is 4.39. The number of rotatable bonds is 0. The van der Waals surface area contributed by atoms with Crippen LogP contribution < -0.4 is 5.46 Å². The van der Waals surface area contributed by atoms with Crippen LogP contribution in [-0.2, 0) is 4.76 Å². The lowest BCUT2D eigenvalue weighted by molar-refractivity contribution is 0.370. The second kappa shape index (κ2) is 2.94. The molecule has 4 heteroatoms. The van der Waals surface area contributed by atoms with Crippen LogP contribution in [0.4, 0.5) is 0 Å². The Kier molecular flexibility index (Phi) is 1.93. The Morgan fingerprint density at radius 1 is 1.50 bits per heavy atom. The number of aryl methyl sites for hydroxylation is 1. The normalized spacial score (nSPS) is 13.2. The summed E-state index contributed by atoms with van der Waals surface area (Å²) in [6, 6.07) is 4.07. The Balaban J connectivity index is 2.62. The molecule has 1 aromatic carbocycles. The monoisotopic (exact) mass is 222 g/mol. The number of fused-ring (bicyclic) bond motifs is 1. The minimum Gasteiger partial charge on any atom is -0.468 e. The van der Waals surface area contributed by atoms with Crippen molar-refractivity contribution in [3.8, 4) is 0 Å². The van der Waals surface area contributed by atoms with E-state index in [4.69, 9.17) is 4.76 Å². The molecule has 0 spiro atoms. The maximum atomic E-state index is 4.85. The molecular formula is C8H6BBrNO. The molecule has 0 fully saturated rings. The predicted octanol–water partition coefficient (Wildman–Crippen LogP) is 1.37. The fraction of sp³-hybridized carbons (Fsp3) is 0.125. The average molecular weight is 223 g/mol. The smallest absolute Gasteiger partial charge is 0.449 e. The maximum Gasteiger partial charge on any atom is 0.449 e. The molecule has 0 saturated heterocycles. The highest BCUT2D eigenvalue weighted by atomic mass is 79.9. The van der Waals surface area contributed by atoms with E-state index in [9.17, 15) is 0 Å². The predicted molar refractivity (Wildman–Crippen MR) is 52.9 cm³/mol. The van der Waals surface area contributed by atoms with Gasteiger partial charge in [0, 0.05) is 4.47 Å². The van der Waals surface area contributed by atoms with Crippen molar-refractivity contribution in [1.29, 1.82) is 0 Å². The Morgan fingerprint density at radius 2 is 2.33 bits per heavy atom. The molecule has 1 heterocycles. The van der Waals surface area contributed by atoms with Gasteiger partial charge in [0.2, 0.25) is 0 Å². The van der Waals surface area contributed by atoms with Crippen LogP contribution >= 0.6 is 15.9 Å². The molecule has 0 aliphatic carbocycles. The van der Waals surface area contributed by atoms with Crippen molar-refractivity contribution in [1.82, 2.24) is 0 Å². The van der Waals surface area contributed by atoms with E-state index in [0.29, 0.717) is 0 Å². The van der Waals surface area contributed by atoms with E-state index in [0.717, 1.165) is 15.5 Å². The Morgan fingerprint density at radius 3 is 3.17 bits per heavy atom. The quantitative estimate of drug-likeness (QED) is 0.608. The lowest BCUT2D eigenvalue weighted by atomic mass is 9.80. The summed E-state index contributed by atoms with van der Waals surface area (Å²) >= 11 is 3.42. The largest absolute Gasteiger partial charge is 0.468 e. The van der Waals surface area contributed by atoms with Crippen LogP contribution in [-0.4, -0.2) is 13.7 Å². The lowest BCUT2D eigenvalue weighted by Crippen LogP contribution is -2.26. The van der Waals surface area contributed by atoms with Gasteiger partial charge in [0.05, 0.1) is 6.21 Å². The zero-order valence-corrected chi connectivity index (χ0v) is 8.13. The summed E-state index contributed by atoms with van der Waals surface area (Å²) in [5, 5.41) is 3.70. The van der Waals surface area contributed by atoms with Crippen LogP contribution in [0.25, 0.3) is 0 Å². The third kappa shape index (κ3) is 1.27. The van der Waals surface area contributed by atoms with Gasteiger partial charge in [-0.15, -0.1) is 5.16 Å². The molecule has 1 radical (unpaired) electrons. The average Bonchev–Trinajstić information content (AvgIpc) is 2.04. The van der Waals surface area contributed by atoms with Crippen molar-refractivity contribution >= 4 is 35.1 Å². The molecule has 0 aromatic heterocycles. The third-order valence-electron chi connectivity index (χ3n) is 1.81. The van der Waals surface area contributed by atoms with Crippen LogP contribution in [0.3, 0.4) is 0 Å². The van der Waals surface area contributed by atoms with Gasteiger partial charge >= 0.3 is 7.48 Å². The van der Waals surface area contributed by atoms with E-state index >= 15 is 0 Å². The second-order valence-corrected chi connectivity index (χ2v) is 3.60. The fourth-order valence-electron chi connectivity index (χ4n) is 1.22. The van der Waals surface area contributed by atoms with E-state index in [1.807, 2.05) is 13.0 Å². The van der Waals surface area contributed by atoms with Gasteiger partial charge in [0.1, 0.15) is 0 Å². The molecule has 0 unspecified atom stereocenters. The summed E-state index contributed by atoms with van der Waals surface area (Å²) in [4.78, 5) is 0. The Bertz CT molecular complexity index is 351. The van der Waals surface area contributed by atoms with Gasteiger partial charge < -0.3 is 4.76 Å². The van der Waals surface area contributed by atoms with Crippen LogP contribution in [0, 0.1) is 6.92 Å². The Labute approximate surface area is 80.0 Å². The standard InChI is InChI=1S/C8H6BBrNO/c1-5-2-7(10)3-6-4-11-12-9-8(5)6/h2-4H,1H3. The zero-order chi connectivity index (χ0) is 8.55. The van der Waals surface area contributed by atoms with Crippen molar-refractivity contribution in [2.24, 2.45) is 5.16 Å². The van der Waals surface area contributed by atoms with Gasteiger partial charge in [0.15, 0.2) is 0 Å². The number of halogens is 1. The number of hydrogen-bond acceptors (Lipinski definition) is 2. The molecule has 0 amide bonds. The molecule has 1 aliphatic heterocycles. The van der Waals surface area contributed by atoms with Gasteiger partial charge in [-0.25, -0.2) is 0 Å². The van der Waals surface area contributed by atoms with Crippen molar-refractivity contribution in [3.63, 3.8) is 0 Å². The summed E-state index contributed by atoms with van der Waals surface area (Å²) < 4.78 is 5.92. The number of nitrogens with zero attached hydrogens (tertiary/aromatic N) is 1. The van der Waals surface area contributed by atoms with Gasteiger partial charge in [-0.1, -0.05) is 21.5 Å². The number of oxime groups is 1. The van der Waals surface area contributed by atoms with Crippen LogP contribution in [0.2, 0.25) is 0 Å². The van der Waals surface area contributed by atoms with Gasteiger partial charge in [0.25, 0.3) is 0 Å². The van der Waals surface area contributed by atoms with E-state index in [-0.39, 0.29) is 0 Å². The van der Waals surface area contributed by atoms with Gasteiger partial charge in [-0.05, 0) is 30.1 Å². The summed E-state index contributed by atoms with van der Waals surface area (Å²) in [7, 11) is 1.66. The van der Waals surface area contributed by atoms with Crippen molar-refractivity contribution < 1.29 is 4.76 Å².